The van der Waals surface area contributed by atoms with Crippen LogP contribution in [-0.4, -0.2) is 47.7 Å². The Hall–Kier alpha value is -1.89. The van der Waals surface area contributed by atoms with Crippen LogP contribution < -0.4 is 15.1 Å². The zero-order chi connectivity index (χ0) is 13.8. The van der Waals surface area contributed by atoms with E-state index in [0.29, 0.717) is 5.95 Å². The monoisotopic (exact) mass is 290 g/mol. The Balaban J connectivity index is 1.64. The number of aromatic nitrogens is 3. The highest BCUT2D eigenvalue weighted by molar-refractivity contribution is 7.13. The van der Waals surface area contributed by atoms with Crippen LogP contribution in [0, 0.1) is 0 Å². The molecule has 0 aliphatic carbocycles. The molecule has 1 fully saturated rings. The van der Waals surface area contributed by atoms with Crippen LogP contribution in [0.3, 0.4) is 0 Å². The number of nitrogens with one attached hydrogen (secondary N) is 1. The summed E-state index contributed by atoms with van der Waals surface area (Å²) >= 11 is 1.70. The fourth-order valence-electron chi connectivity index (χ4n) is 2.27. The average molecular weight is 290 g/mol. The van der Waals surface area contributed by atoms with Crippen LogP contribution in [0.15, 0.2) is 23.8 Å². The number of rotatable bonds is 4. The molecule has 1 aliphatic heterocycles. The Morgan fingerprint density at radius 2 is 1.95 bits per heavy atom. The van der Waals surface area contributed by atoms with Gasteiger partial charge >= 0.3 is 0 Å². The van der Waals surface area contributed by atoms with Crippen LogP contribution in [0.4, 0.5) is 16.9 Å². The van der Waals surface area contributed by atoms with E-state index in [4.69, 9.17) is 0 Å². The summed E-state index contributed by atoms with van der Waals surface area (Å²) in [6.45, 7) is 6.76. The summed E-state index contributed by atoms with van der Waals surface area (Å²) in [5.74, 6) is 1.70. The lowest BCUT2D eigenvalue weighted by molar-refractivity contribution is 0.645. The smallest absolute Gasteiger partial charge is 0.224 e. The molecule has 0 radical (unpaired) electrons. The lowest BCUT2D eigenvalue weighted by atomic mass is 10.3. The van der Waals surface area contributed by atoms with Crippen LogP contribution >= 0.6 is 11.3 Å². The van der Waals surface area contributed by atoms with Gasteiger partial charge in [0, 0.05) is 50.5 Å². The van der Waals surface area contributed by atoms with Crippen LogP contribution in [0.2, 0.25) is 0 Å². The third-order valence-corrected chi connectivity index (χ3v) is 4.10. The Bertz CT molecular complexity index is 536. The highest BCUT2D eigenvalue weighted by atomic mass is 32.1. The number of hydrogen-bond donors (Lipinski definition) is 1. The number of thiazole rings is 1. The second-order valence-corrected chi connectivity index (χ2v) is 5.43. The molecule has 7 heteroatoms. The van der Waals surface area contributed by atoms with Gasteiger partial charge in [-0.3, -0.25) is 0 Å². The van der Waals surface area contributed by atoms with Gasteiger partial charge in [0.25, 0.3) is 0 Å². The molecule has 106 valence electrons. The molecule has 0 unspecified atom stereocenters. The highest BCUT2D eigenvalue weighted by Gasteiger charge is 2.19. The molecule has 6 nitrogen and oxygen atoms in total. The van der Waals surface area contributed by atoms with Crippen molar-refractivity contribution in [1.29, 1.82) is 0 Å². The molecule has 2 aromatic heterocycles. The van der Waals surface area contributed by atoms with Crippen LogP contribution in [0.1, 0.15) is 6.92 Å². The first-order chi connectivity index (χ1) is 9.86. The van der Waals surface area contributed by atoms with E-state index in [0.717, 1.165) is 43.7 Å². The fourth-order valence-corrected chi connectivity index (χ4v) is 2.96. The van der Waals surface area contributed by atoms with Crippen molar-refractivity contribution in [3.05, 3.63) is 23.8 Å². The van der Waals surface area contributed by atoms with Crippen LogP contribution in [-0.2, 0) is 0 Å². The third-order valence-electron chi connectivity index (χ3n) is 3.27. The number of piperazine rings is 1. The Kier molecular flexibility index (Phi) is 3.96. The van der Waals surface area contributed by atoms with E-state index < -0.39 is 0 Å². The highest BCUT2D eigenvalue weighted by Crippen LogP contribution is 2.21. The molecule has 0 atom stereocenters. The van der Waals surface area contributed by atoms with Gasteiger partial charge in [0.15, 0.2) is 5.13 Å². The van der Waals surface area contributed by atoms with E-state index in [1.165, 1.54) is 0 Å². The van der Waals surface area contributed by atoms with Gasteiger partial charge in [-0.1, -0.05) is 0 Å². The van der Waals surface area contributed by atoms with E-state index >= 15 is 0 Å². The third kappa shape index (κ3) is 2.82. The van der Waals surface area contributed by atoms with Crippen molar-refractivity contribution < 1.29 is 0 Å². The van der Waals surface area contributed by atoms with Crippen molar-refractivity contribution in [1.82, 2.24) is 15.0 Å². The van der Waals surface area contributed by atoms with Crippen molar-refractivity contribution in [3.8, 4) is 0 Å². The fraction of sp³-hybridized carbons (Fsp3) is 0.462. The minimum absolute atomic E-state index is 0.701. The van der Waals surface area contributed by atoms with E-state index in [-0.39, 0.29) is 0 Å². The molecule has 0 spiro atoms. The summed E-state index contributed by atoms with van der Waals surface area (Å²) in [5, 5.41) is 6.28. The molecule has 20 heavy (non-hydrogen) atoms. The normalized spacial score (nSPS) is 15.4. The van der Waals surface area contributed by atoms with Crippen molar-refractivity contribution in [2.75, 3.05) is 47.8 Å². The van der Waals surface area contributed by atoms with Gasteiger partial charge in [-0.05, 0) is 13.0 Å². The molecule has 0 saturated carbocycles. The van der Waals surface area contributed by atoms with Gasteiger partial charge in [-0.2, -0.15) is 4.98 Å². The molecule has 3 rings (SSSR count). The largest absolute Gasteiger partial charge is 0.354 e. The molecule has 1 saturated heterocycles. The molecule has 3 heterocycles. The minimum atomic E-state index is 0.701. The predicted octanol–water partition coefficient (Wildman–Crippen LogP) is 1.69. The van der Waals surface area contributed by atoms with Gasteiger partial charge in [0.2, 0.25) is 5.95 Å². The molecule has 0 aromatic carbocycles. The Labute approximate surface area is 122 Å². The van der Waals surface area contributed by atoms with Gasteiger partial charge in [0.05, 0.1) is 0 Å². The molecule has 1 aliphatic rings. The Morgan fingerprint density at radius 3 is 2.65 bits per heavy atom. The van der Waals surface area contributed by atoms with Gasteiger partial charge in [0.1, 0.15) is 5.82 Å². The maximum Gasteiger partial charge on any atom is 0.224 e. The first-order valence-electron chi connectivity index (χ1n) is 6.83. The molecular weight excluding hydrogens is 272 g/mol. The second kappa shape index (κ2) is 6.04. The molecule has 2 aromatic rings. The summed E-state index contributed by atoms with van der Waals surface area (Å²) < 4.78 is 0. The SMILES string of the molecule is CCNc1nccc(N2CCN(c3nccs3)CC2)n1. The summed E-state index contributed by atoms with van der Waals surface area (Å²) in [6, 6.07) is 1.97. The standard InChI is InChI=1S/C13H18N6S/c1-2-14-12-15-4-3-11(17-12)18-6-8-19(9-7-18)13-16-5-10-20-13/h3-5,10H,2,6-9H2,1H3,(H,14,15,17). The first-order valence-corrected chi connectivity index (χ1v) is 7.71. The Morgan fingerprint density at radius 1 is 1.15 bits per heavy atom. The maximum atomic E-state index is 4.55. The molecular formula is C13H18N6S. The maximum absolute atomic E-state index is 4.55. The topological polar surface area (TPSA) is 57.2 Å². The summed E-state index contributed by atoms with van der Waals surface area (Å²) in [7, 11) is 0. The summed E-state index contributed by atoms with van der Waals surface area (Å²) in [4.78, 5) is 17.7. The molecule has 0 bridgehead atoms. The van der Waals surface area contributed by atoms with Crippen molar-refractivity contribution in [2.45, 2.75) is 6.92 Å². The second-order valence-electron chi connectivity index (χ2n) is 4.56. The molecule has 0 amide bonds. The van der Waals surface area contributed by atoms with Gasteiger partial charge in [-0.25, -0.2) is 9.97 Å². The summed E-state index contributed by atoms with van der Waals surface area (Å²) in [5.41, 5.74) is 0. The van der Waals surface area contributed by atoms with Crippen LogP contribution in [0.25, 0.3) is 0 Å². The van der Waals surface area contributed by atoms with E-state index in [2.05, 4.69) is 30.1 Å². The zero-order valence-electron chi connectivity index (χ0n) is 11.5. The van der Waals surface area contributed by atoms with Crippen molar-refractivity contribution in [2.24, 2.45) is 0 Å². The van der Waals surface area contributed by atoms with Crippen molar-refractivity contribution >= 4 is 28.2 Å². The molecule has 1 N–H and O–H groups in total. The van der Waals surface area contributed by atoms with E-state index in [1.54, 1.807) is 11.3 Å². The van der Waals surface area contributed by atoms with Crippen molar-refractivity contribution in [3.63, 3.8) is 0 Å². The average Bonchev–Trinajstić information content (AvgIpc) is 3.02. The number of hydrogen-bond acceptors (Lipinski definition) is 7. The lowest BCUT2D eigenvalue weighted by Crippen LogP contribution is -2.46. The zero-order valence-corrected chi connectivity index (χ0v) is 12.3. The summed E-state index contributed by atoms with van der Waals surface area (Å²) in [6.07, 6.45) is 3.67. The number of anilines is 3. The van der Waals surface area contributed by atoms with E-state index in [9.17, 15) is 0 Å². The lowest BCUT2D eigenvalue weighted by Gasteiger charge is -2.35. The number of nitrogens with zero attached hydrogens (tertiary/aromatic N) is 5. The van der Waals surface area contributed by atoms with Gasteiger partial charge in [-0.15, -0.1) is 11.3 Å². The van der Waals surface area contributed by atoms with Gasteiger partial charge < -0.3 is 15.1 Å². The first kappa shape index (κ1) is 13.1. The van der Waals surface area contributed by atoms with Crippen LogP contribution in [0.5, 0.6) is 0 Å². The quantitative estimate of drug-likeness (QED) is 0.925. The predicted molar refractivity (Wildman–Crippen MR) is 82.7 cm³/mol. The minimum Gasteiger partial charge on any atom is -0.354 e. The van der Waals surface area contributed by atoms with E-state index in [1.807, 2.05) is 30.8 Å².